The minimum atomic E-state index is -3.93. The summed E-state index contributed by atoms with van der Waals surface area (Å²) in [6.07, 6.45) is -7.07. The summed E-state index contributed by atoms with van der Waals surface area (Å²) < 4.78 is 29.0. The Balaban J connectivity index is 2.12. The van der Waals surface area contributed by atoms with Gasteiger partial charge in [-0.2, -0.15) is 4.52 Å². The molecule has 11 atom stereocenters. The standard InChI is InChI=1S/C29H57NO13P/c1-5-9-10-11-12-13-14-15-16-39-44(38,43-30(6-2,7-3)8-4)19-22-24(34)26(36)28(21(18-32)40-22)42-29-27(37)25(35)23(33)20(17-31)41-29/h5,20-29,31-37H,1,6-19H2,2-4H3/q+2/t20-,21-,22-,23+,24-,25+,26-,27-,28-,29+,44?/m1/s1. The van der Waals surface area contributed by atoms with E-state index in [9.17, 15) is 40.6 Å². The van der Waals surface area contributed by atoms with Gasteiger partial charge in [0.15, 0.2) is 12.5 Å². The second kappa shape index (κ2) is 19.4. The number of aliphatic hydroxyl groups excluding tert-OH is 7. The molecule has 2 aliphatic rings. The molecule has 2 saturated heterocycles. The van der Waals surface area contributed by atoms with E-state index < -0.39 is 88.5 Å². The van der Waals surface area contributed by atoms with E-state index in [4.69, 9.17) is 23.4 Å². The lowest BCUT2D eigenvalue weighted by Gasteiger charge is -2.46. The van der Waals surface area contributed by atoms with Crippen LogP contribution in [0.1, 0.15) is 65.7 Å². The van der Waals surface area contributed by atoms with Crippen molar-refractivity contribution in [2.45, 2.75) is 127 Å². The van der Waals surface area contributed by atoms with E-state index >= 15 is 0 Å². The van der Waals surface area contributed by atoms with Gasteiger partial charge in [-0.05, 0) is 40.0 Å². The molecule has 0 saturated carbocycles. The first kappa shape index (κ1) is 39.8. The second-order valence-corrected chi connectivity index (χ2v) is 13.6. The molecular weight excluding hydrogens is 601 g/mol. The molecule has 2 heterocycles. The van der Waals surface area contributed by atoms with Crippen molar-refractivity contribution >= 4 is 7.94 Å². The maximum Gasteiger partial charge on any atom is 0.521 e. The van der Waals surface area contributed by atoms with Crippen molar-refractivity contribution in [1.29, 1.82) is 0 Å². The highest BCUT2D eigenvalue weighted by atomic mass is 31.2. The molecule has 0 aromatic heterocycles. The van der Waals surface area contributed by atoms with Crippen LogP contribution >= 0.6 is 7.94 Å². The van der Waals surface area contributed by atoms with Crippen LogP contribution < -0.4 is 0 Å². The zero-order valence-corrected chi connectivity index (χ0v) is 27.3. The number of hydrogen-bond donors (Lipinski definition) is 7. The Kier molecular flexibility index (Phi) is 17.6. The van der Waals surface area contributed by atoms with Crippen molar-refractivity contribution in [1.82, 2.24) is 0 Å². The van der Waals surface area contributed by atoms with Gasteiger partial charge < -0.3 is 50.0 Å². The Labute approximate surface area is 261 Å². The molecule has 15 heteroatoms. The third kappa shape index (κ3) is 10.8. The zero-order chi connectivity index (χ0) is 32.9. The Bertz CT molecular complexity index is 799. The first-order valence-corrected chi connectivity index (χ1v) is 17.7. The van der Waals surface area contributed by atoms with Crippen molar-refractivity contribution in [3.05, 3.63) is 12.7 Å². The van der Waals surface area contributed by atoms with E-state index in [1.165, 1.54) is 0 Å². The summed E-state index contributed by atoms with van der Waals surface area (Å²) >= 11 is 0. The fraction of sp³-hybridized carbons (Fsp3) is 0.931. The van der Waals surface area contributed by atoms with Crippen molar-refractivity contribution in [2.75, 3.05) is 45.6 Å². The average Bonchev–Trinajstić information content (AvgIpc) is 3.02. The average molecular weight is 659 g/mol. The molecular formula is C29H57NO13P+2. The number of nitrogens with zero attached hydrogens (tertiary/aromatic N) is 1. The molecule has 0 aliphatic carbocycles. The summed E-state index contributed by atoms with van der Waals surface area (Å²) in [4.78, 5) is 14.2. The van der Waals surface area contributed by atoms with Crippen LogP contribution in [0.4, 0.5) is 0 Å². The van der Waals surface area contributed by atoms with Crippen molar-refractivity contribution in [3.8, 4) is 0 Å². The number of rotatable bonds is 21. The molecule has 0 bridgehead atoms. The van der Waals surface area contributed by atoms with Gasteiger partial charge in [0.1, 0.15) is 74.6 Å². The number of unbranched alkanes of at least 4 members (excludes halogenated alkanes) is 6. The van der Waals surface area contributed by atoms with Crippen molar-refractivity contribution in [2.24, 2.45) is 0 Å². The third-order valence-corrected chi connectivity index (χ3v) is 10.6. The fourth-order valence-corrected chi connectivity index (χ4v) is 7.80. The van der Waals surface area contributed by atoms with Crippen molar-refractivity contribution < 1.29 is 68.6 Å². The lowest BCUT2D eigenvalue weighted by molar-refractivity contribution is -1.08. The minimum absolute atomic E-state index is 0.0399. The molecule has 44 heavy (non-hydrogen) atoms. The van der Waals surface area contributed by atoms with Crippen LogP contribution in [0.3, 0.4) is 0 Å². The monoisotopic (exact) mass is 658 g/mol. The molecule has 0 aromatic carbocycles. The largest absolute Gasteiger partial charge is 0.521 e. The number of hydrogen-bond acceptors (Lipinski definition) is 12. The normalized spacial score (nSPS) is 34.5. The van der Waals surface area contributed by atoms with Crippen LogP contribution in [0.5, 0.6) is 0 Å². The smallest absolute Gasteiger partial charge is 0.394 e. The van der Waals surface area contributed by atoms with E-state index in [2.05, 4.69) is 6.58 Å². The van der Waals surface area contributed by atoms with Crippen LogP contribution in [-0.2, 0) is 28.3 Å². The first-order chi connectivity index (χ1) is 20.9. The first-order valence-electron chi connectivity index (χ1n) is 16.0. The number of aliphatic hydroxyl groups is 7. The highest BCUT2D eigenvalue weighted by molar-refractivity contribution is 7.60. The summed E-state index contributed by atoms with van der Waals surface area (Å²) in [5.74, 6) is 0. The van der Waals surface area contributed by atoms with Gasteiger partial charge in [0, 0.05) is 9.52 Å². The van der Waals surface area contributed by atoms with E-state index in [1.807, 2.05) is 26.8 Å². The number of allylic oxidation sites excluding steroid dienone is 1. The maximum atomic E-state index is 14.2. The van der Waals surface area contributed by atoms with Crippen molar-refractivity contribution in [3.63, 3.8) is 0 Å². The van der Waals surface area contributed by atoms with Crippen LogP contribution in [0, 0.1) is 0 Å². The van der Waals surface area contributed by atoms with Crippen LogP contribution in [0.15, 0.2) is 12.7 Å². The van der Waals surface area contributed by atoms with Crippen LogP contribution in [-0.4, -0.2) is 147 Å². The van der Waals surface area contributed by atoms with Gasteiger partial charge in [-0.1, -0.05) is 31.8 Å². The fourth-order valence-electron chi connectivity index (χ4n) is 5.56. The summed E-state index contributed by atoms with van der Waals surface area (Å²) in [6.45, 7) is 9.76. The SMILES string of the molecule is C=CCCCCCCCCO[P+]([O])(C[C@H]1O[C@H](CO)[C@@H](O[C@@H]2O[C@H](CO)[C@H](O)[C@H](O)[C@H]2O)[C@H](O)[C@@H]1O)O[N+](CC)(CC)CC. The molecule has 0 spiro atoms. The lowest BCUT2D eigenvalue weighted by Crippen LogP contribution is -2.65. The summed E-state index contributed by atoms with van der Waals surface area (Å²) in [7, 11) is -3.93. The molecule has 0 aromatic rings. The highest BCUT2D eigenvalue weighted by Crippen LogP contribution is 2.61. The topological polar surface area (TPSA) is 208 Å². The molecule has 2 fully saturated rings. The highest BCUT2D eigenvalue weighted by Gasteiger charge is 2.60. The zero-order valence-electron chi connectivity index (χ0n) is 26.4. The van der Waals surface area contributed by atoms with Gasteiger partial charge in [-0.15, -0.1) is 11.2 Å². The summed E-state index contributed by atoms with van der Waals surface area (Å²) in [5, 5.41) is 72.2. The summed E-state index contributed by atoms with van der Waals surface area (Å²) in [6, 6.07) is 0. The minimum Gasteiger partial charge on any atom is -0.394 e. The van der Waals surface area contributed by atoms with Gasteiger partial charge in [-0.25, -0.2) is 0 Å². The Morgan fingerprint density at radius 2 is 1.32 bits per heavy atom. The maximum absolute atomic E-state index is 14.2. The second-order valence-electron chi connectivity index (χ2n) is 11.6. The molecule has 7 N–H and O–H groups in total. The lowest BCUT2D eigenvalue weighted by atomic mass is 9.95. The van der Waals surface area contributed by atoms with E-state index in [0.717, 1.165) is 38.5 Å². The number of hydroxylamine groups is 3. The Hall–Kier alpha value is -0.390. The van der Waals surface area contributed by atoms with Gasteiger partial charge in [0.2, 0.25) is 0 Å². The van der Waals surface area contributed by atoms with Gasteiger partial charge >= 0.3 is 7.94 Å². The van der Waals surface area contributed by atoms with Crippen LogP contribution in [0.2, 0.25) is 0 Å². The van der Waals surface area contributed by atoms with E-state index in [1.54, 1.807) is 0 Å². The Morgan fingerprint density at radius 3 is 1.89 bits per heavy atom. The van der Waals surface area contributed by atoms with Gasteiger partial charge in [0.05, 0.1) is 19.8 Å². The molecule has 0 amide bonds. The molecule has 14 nitrogen and oxygen atoms in total. The predicted octanol–water partition coefficient (Wildman–Crippen LogP) is 0.588. The number of quaternary nitrogens is 1. The molecule has 259 valence electrons. The quantitative estimate of drug-likeness (QED) is 0.0297. The molecule has 1 radical (unpaired) electrons. The van der Waals surface area contributed by atoms with Crippen LogP contribution in [0.25, 0.3) is 0 Å². The van der Waals surface area contributed by atoms with Gasteiger partial charge in [0.25, 0.3) is 0 Å². The van der Waals surface area contributed by atoms with E-state index in [0.29, 0.717) is 26.1 Å². The molecule has 1 unspecified atom stereocenters. The third-order valence-electron chi connectivity index (χ3n) is 8.62. The molecule has 2 rings (SSSR count). The van der Waals surface area contributed by atoms with Gasteiger partial charge in [-0.3, -0.25) is 0 Å². The Morgan fingerprint density at radius 1 is 0.750 bits per heavy atom. The summed E-state index contributed by atoms with van der Waals surface area (Å²) in [5.41, 5.74) is 0. The predicted molar refractivity (Wildman–Crippen MR) is 160 cm³/mol. The molecule has 2 aliphatic heterocycles. The van der Waals surface area contributed by atoms with E-state index in [-0.39, 0.29) is 11.3 Å². The number of ether oxygens (including phenoxy) is 3.